The molecule has 0 saturated heterocycles. The summed E-state index contributed by atoms with van der Waals surface area (Å²) in [5.74, 6) is -1.53. The zero-order chi connectivity index (χ0) is 11.6. The highest BCUT2D eigenvalue weighted by atomic mass is 32.2. The highest BCUT2D eigenvalue weighted by molar-refractivity contribution is 7.85. The van der Waals surface area contributed by atoms with E-state index in [0.29, 0.717) is 0 Å². The van der Waals surface area contributed by atoms with E-state index in [0.717, 1.165) is 12.1 Å². The molecule has 1 aromatic rings. The highest BCUT2D eigenvalue weighted by Gasteiger charge is 2.15. The van der Waals surface area contributed by atoms with E-state index in [1.54, 1.807) is 0 Å². The minimum absolute atomic E-state index is 0.118. The summed E-state index contributed by atoms with van der Waals surface area (Å²) in [6.07, 6.45) is 0. The van der Waals surface area contributed by atoms with E-state index in [2.05, 4.69) is 5.32 Å². The minimum atomic E-state index is -4.57. The zero-order valence-electron chi connectivity index (χ0n) is 7.69. The van der Waals surface area contributed by atoms with Crippen molar-refractivity contribution in [2.45, 2.75) is 11.8 Å². The largest absolute Gasteiger partial charge is 0.326 e. The third-order valence-electron chi connectivity index (χ3n) is 1.53. The van der Waals surface area contributed by atoms with Crippen LogP contribution in [0.2, 0.25) is 0 Å². The Morgan fingerprint density at radius 2 is 2.07 bits per heavy atom. The molecule has 2 N–H and O–H groups in total. The average Bonchev–Trinajstić information content (AvgIpc) is 1.99. The lowest BCUT2D eigenvalue weighted by Gasteiger charge is -2.04. The maximum Gasteiger partial charge on any atom is 0.297 e. The van der Waals surface area contributed by atoms with Crippen molar-refractivity contribution in [3.05, 3.63) is 24.0 Å². The Morgan fingerprint density at radius 1 is 1.47 bits per heavy atom. The summed E-state index contributed by atoms with van der Waals surface area (Å²) in [7, 11) is -4.57. The Hall–Kier alpha value is -1.47. The third-order valence-corrected chi connectivity index (χ3v) is 2.42. The van der Waals surface area contributed by atoms with Crippen LogP contribution in [0, 0.1) is 5.82 Å². The average molecular weight is 233 g/mol. The number of carbonyl (C=O) groups excluding carboxylic acids is 1. The van der Waals surface area contributed by atoms with Crippen molar-refractivity contribution in [3.63, 3.8) is 0 Å². The predicted molar refractivity (Wildman–Crippen MR) is 50.5 cm³/mol. The summed E-state index contributed by atoms with van der Waals surface area (Å²) in [6, 6.07) is 2.86. The van der Waals surface area contributed by atoms with Crippen LogP contribution >= 0.6 is 0 Å². The quantitative estimate of drug-likeness (QED) is 0.747. The standard InChI is InChI=1S/C8H8FNO4S/c1-5(11)10-6-2-3-8(7(9)4-6)15(12,13)14/h2-4H,1H3,(H,10,11)(H,12,13,14). The molecule has 0 saturated carbocycles. The molecule has 1 aromatic carbocycles. The van der Waals surface area contributed by atoms with Crippen molar-refractivity contribution in [1.82, 2.24) is 0 Å². The Morgan fingerprint density at radius 3 is 2.47 bits per heavy atom. The van der Waals surface area contributed by atoms with Crippen LogP contribution in [0.3, 0.4) is 0 Å². The first-order valence-corrected chi connectivity index (χ1v) is 5.29. The fourth-order valence-corrected chi connectivity index (χ4v) is 1.54. The molecule has 7 heteroatoms. The van der Waals surface area contributed by atoms with E-state index in [4.69, 9.17) is 4.55 Å². The molecule has 5 nitrogen and oxygen atoms in total. The van der Waals surface area contributed by atoms with Crippen molar-refractivity contribution in [3.8, 4) is 0 Å². The Kier molecular flexibility index (Phi) is 3.06. The molecule has 0 aliphatic rings. The molecule has 0 aromatic heterocycles. The van der Waals surface area contributed by atoms with Crippen molar-refractivity contribution in [2.75, 3.05) is 5.32 Å². The van der Waals surface area contributed by atoms with Crippen molar-refractivity contribution < 1.29 is 22.2 Å². The van der Waals surface area contributed by atoms with Crippen LogP contribution in [-0.4, -0.2) is 18.9 Å². The summed E-state index contributed by atoms with van der Waals surface area (Å²) in [5, 5.41) is 2.27. The van der Waals surface area contributed by atoms with Crippen LogP contribution in [0.5, 0.6) is 0 Å². The van der Waals surface area contributed by atoms with Crippen LogP contribution < -0.4 is 5.32 Å². The Balaban J connectivity index is 3.15. The first kappa shape index (κ1) is 11.6. The number of amides is 1. The molecule has 1 amide bonds. The first-order valence-electron chi connectivity index (χ1n) is 3.85. The van der Waals surface area contributed by atoms with Crippen LogP contribution in [0.25, 0.3) is 0 Å². The molecule has 0 aliphatic heterocycles. The number of hydrogen-bond donors (Lipinski definition) is 2. The van der Waals surface area contributed by atoms with Gasteiger partial charge >= 0.3 is 0 Å². The van der Waals surface area contributed by atoms with Crippen molar-refractivity contribution in [1.29, 1.82) is 0 Å². The smallest absolute Gasteiger partial charge is 0.297 e. The minimum Gasteiger partial charge on any atom is -0.326 e. The molecule has 0 bridgehead atoms. The second-order valence-electron chi connectivity index (χ2n) is 2.80. The van der Waals surface area contributed by atoms with E-state index in [-0.39, 0.29) is 5.69 Å². The normalized spacial score (nSPS) is 11.1. The number of rotatable bonds is 2. The molecule has 82 valence electrons. The molecular formula is C8H8FNO4S. The fourth-order valence-electron chi connectivity index (χ4n) is 0.991. The number of hydrogen-bond acceptors (Lipinski definition) is 3. The number of carbonyl (C=O) groups is 1. The number of nitrogens with one attached hydrogen (secondary N) is 1. The van der Waals surface area contributed by atoms with Crippen LogP contribution in [0.1, 0.15) is 6.92 Å². The van der Waals surface area contributed by atoms with Crippen LogP contribution in [0.15, 0.2) is 23.1 Å². The lowest BCUT2D eigenvalue weighted by atomic mass is 10.3. The second-order valence-corrected chi connectivity index (χ2v) is 4.19. The Labute approximate surface area is 85.7 Å². The number of benzene rings is 1. The molecule has 0 atom stereocenters. The Bertz CT molecular complexity index is 497. The van der Waals surface area contributed by atoms with Gasteiger partial charge in [0.25, 0.3) is 10.1 Å². The van der Waals surface area contributed by atoms with Gasteiger partial charge in [-0.3, -0.25) is 9.35 Å². The first-order chi connectivity index (χ1) is 6.80. The summed E-state index contributed by atoms with van der Waals surface area (Å²) < 4.78 is 42.9. The van der Waals surface area contributed by atoms with E-state index >= 15 is 0 Å². The molecule has 0 unspecified atom stereocenters. The van der Waals surface area contributed by atoms with Gasteiger partial charge in [0.15, 0.2) is 0 Å². The van der Waals surface area contributed by atoms with Gasteiger partial charge in [-0.25, -0.2) is 4.39 Å². The lowest BCUT2D eigenvalue weighted by Crippen LogP contribution is -2.07. The van der Waals surface area contributed by atoms with Gasteiger partial charge in [0.1, 0.15) is 10.7 Å². The SMILES string of the molecule is CC(=O)Nc1ccc(S(=O)(=O)O)c(F)c1. The number of anilines is 1. The summed E-state index contributed by atoms with van der Waals surface area (Å²) in [6.45, 7) is 1.23. The van der Waals surface area contributed by atoms with Gasteiger partial charge in [0, 0.05) is 12.6 Å². The van der Waals surface area contributed by atoms with E-state index in [1.807, 2.05) is 0 Å². The fraction of sp³-hybridized carbons (Fsp3) is 0.125. The molecular weight excluding hydrogens is 225 g/mol. The topological polar surface area (TPSA) is 83.5 Å². The van der Waals surface area contributed by atoms with Gasteiger partial charge in [-0.2, -0.15) is 8.42 Å². The van der Waals surface area contributed by atoms with Crippen LogP contribution in [0.4, 0.5) is 10.1 Å². The molecule has 0 aliphatic carbocycles. The molecule has 1 rings (SSSR count). The van der Waals surface area contributed by atoms with Gasteiger partial charge in [0.05, 0.1) is 0 Å². The third kappa shape index (κ3) is 3.00. The van der Waals surface area contributed by atoms with Gasteiger partial charge in [0.2, 0.25) is 5.91 Å². The molecule has 0 heterocycles. The van der Waals surface area contributed by atoms with Gasteiger partial charge in [-0.05, 0) is 18.2 Å². The van der Waals surface area contributed by atoms with E-state index < -0.39 is 26.7 Å². The lowest BCUT2D eigenvalue weighted by molar-refractivity contribution is -0.114. The molecule has 0 spiro atoms. The van der Waals surface area contributed by atoms with Crippen LogP contribution in [-0.2, 0) is 14.9 Å². The van der Waals surface area contributed by atoms with Gasteiger partial charge in [-0.15, -0.1) is 0 Å². The summed E-state index contributed by atoms with van der Waals surface area (Å²) in [5.41, 5.74) is 0.118. The molecule has 0 radical (unpaired) electrons. The van der Waals surface area contributed by atoms with E-state index in [1.165, 1.54) is 13.0 Å². The zero-order valence-corrected chi connectivity index (χ0v) is 8.51. The maximum absolute atomic E-state index is 13.1. The highest BCUT2D eigenvalue weighted by Crippen LogP contribution is 2.18. The molecule has 15 heavy (non-hydrogen) atoms. The monoisotopic (exact) mass is 233 g/mol. The molecule has 0 fully saturated rings. The van der Waals surface area contributed by atoms with Gasteiger partial charge in [-0.1, -0.05) is 0 Å². The number of halogens is 1. The van der Waals surface area contributed by atoms with Crippen molar-refractivity contribution >= 4 is 21.7 Å². The second kappa shape index (κ2) is 3.95. The van der Waals surface area contributed by atoms with Crippen molar-refractivity contribution in [2.24, 2.45) is 0 Å². The predicted octanol–water partition coefficient (Wildman–Crippen LogP) is 1.03. The maximum atomic E-state index is 13.1. The van der Waals surface area contributed by atoms with E-state index in [9.17, 15) is 17.6 Å². The summed E-state index contributed by atoms with van der Waals surface area (Å²) in [4.78, 5) is 9.78. The van der Waals surface area contributed by atoms with Gasteiger partial charge < -0.3 is 5.32 Å². The summed E-state index contributed by atoms with van der Waals surface area (Å²) >= 11 is 0.